The summed E-state index contributed by atoms with van der Waals surface area (Å²) in [7, 11) is -0.0316. The third-order valence-electron chi connectivity index (χ3n) is 3.06. The van der Waals surface area contributed by atoms with Crippen LogP contribution in [-0.4, -0.2) is 11.1 Å². The zero-order valence-corrected chi connectivity index (χ0v) is 17.0. The van der Waals surface area contributed by atoms with Crippen LogP contribution in [0.2, 0.25) is 10.0 Å². The van der Waals surface area contributed by atoms with E-state index < -0.39 is 0 Å². The predicted octanol–water partition coefficient (Wildman–Crippen LogP) is 2.74. The molecule has 0 bridgehead atoms. The van der Waals surface area contributed by atoms with Gasteiger partial charge >= 0.3 is 18.9 Å². The fraction of sp³-hybridized carbons (Fsp3) is 0.278. The first kappa shape index (κ1) is 21.6. The molecule has 2 nitrogen and oxygen atoms in total. The largest absolute Gasteiger partial charge is 1.00 e. The fourth-order valence-corrected chi connectivity index (χ4v) is 3.90. The van der Waals surface area contributed by atoms with Gasteiger partial charge in [0.05, 0.1) is 15.6 Å². The molecular formula is C18H20Cl2LiO2P. The van der Waals surface area contributed by atoms with Gasteiger partial charge in [-0.25, -0.2) is 0 Å². The predicted molar refractivity (Wildman–Crippen MR) is 101 cm³/mol. The molecule has 0 fully saturated rings. The van der Waals surface area contributed by atoms with Gasteiger partial charge in [-0.2, -0.15) is 0 Å². The molecule has 1 atom stereocenters. The Morgan fingerprint density at radius 3 is 2.21 bits per heavy atom. The number of carbonyl (C=O) groups is 1. The molecule has 1 unspecified atom stereocenters. The van der Waals surface area contributed by atoms with Crippen molar-refractivity contribution in [2.45, 2.75) is 33.3 Å². The van der Waals surface area contributed by atoms with Gasteiger partial charge in [-0.3, -0.25) is 4.79 Å². The summed E-state index contributed by atoms with van der Waals surface area (Å²) in [6, 6.07) is 10.9. The number of rotatable bonds is 4. The summed E-state index contributed by atoms with van der Waals surface area (Å²) < 4.78 is 5.84. The van der Waals surface area contributed by atoms with Crippen molar-refractivity contribution in [3.8, 4) is 5.75 Å². The number of benzene rings is 2. The Bertz CT molecular complexity index is 728. The Morgan fingerprint density at radius 1 is 1.12 bits per heavy atom. The van der Waals surface area contributed by atoms with Crippen LogP contribution in [-0.2, 0) is 0 Å². The normalized spacial score (nSPS) is 11.4. The Morgan fingerprint density at radius 2 is 1.71 bits per heavy atom. The monoisotopic (exact) mass is 376 g/mol. The van der Waals surface area contributed by atoms with E-state index in [0.29, 0.717) is 15.6 Å². The number of aryl methyl sites for hydroxylation is 1. The maximum absolute atomic E-state index is 12.5. The Balaban J connectivity index is 0.00000288. The summed E-state index contributed by atoms with van der Waals surface area (Å²) in [5.41, 5.74) is 1.09. The van der Waals surface area contributed by atoms with Crippen LogP contribution < -0.4 is 28.9 Å². The average Bonchev–Trinajstić information content (AvgIpc) is 2.40. The van der Waals surface area contributed by atoms with Gasteiger partial charge in [0.25, 0.3) is 0 Å². The summed E-state index contributed by atoms with van der Waals surface area (Å²) in [6.07, 6.45) is 0. The number of hydrogen-bond donors (Lipinski definition) is 0. The minimum Gasteiger partial charge on any atom is -1.00 e. The summed E-state index contributed by atoms with van der Waals surface area (Å²) in [4.78, 5) is 12.5. The molecule has 0 aliphatic carbocycles. The van der Waals surface area contributed by atoms with Crippen LogP contribution in [0.4, 0.5) is 0 Å². The molecule has 0 saturated carbocycles. The molecule has 0 saturated heterocycles. The minimum atomic E-state index is -0.253. The second-order valence-electron chi connectivity index (χ2n) is 6.24. The van der Waals surface area contributed by atoms with E-state index in [-0.39, 0.29) is 40.0 Å². The number of ether oxygens (including phenoxy) is 1. The summed E-state index contributed by atoms with van der Waals surface area (Å²) in [6.45, 7) is 7.97. The average molecular weight is 377 g/mol. The smallest absolute Gasteiger partial charge is 1.00 e. The molecule has 0 aromatic heterocycles. The molecule has 0 radical (unpaired) electrons. The van der Waals surface area contributed by atoms with E-state index in [1.165, 1.54) is 0 Å². The Kier molecular flexibility index (Phi) is 7.86. The van der Waals surface area contributed by atoms with Crippen LogP contribution in [0.3, 0.4) is 0 Å². The number of halogens is 2. The van der Waals surface area contributed by atoms with Gasteiger partial charge in [-0.15, -0.1) is 0 Å². The van der Waals surface area contributed by atoms with E-state index in [1.54, 1.807) is 18.2 Å². The zero-order chi connectivity index (χ0) is 17.2. The molecule has 6 heteroatoms. The van der Waals surface area contributed by atoms with Crippen molar-refractivity contribution in [3.63, 3.8) is 0 Å². The van der Waals surface area contributed by atoms with E-state index in [9.17, 15) is 4.79 Å². The molecule has 2 aromatic rings. The van der Waals surface area contributed by atoms with Gasteiger partial charge in [0.15, 0.2) is 5.52 Å². The third-order valence-corrected chi connectivity index (χ3v) is 5.00. The zero-order valence-electron chi connectivity index (χ0n) is 15.5. The Hall–Kier alpha value is -0.483. The summed E-state index contributed by atoms with van der Waals surface area (Å²) in [5, 5.41) is 1.74. The van der Waals surface area contributed by atoms with Crippen molar-refractivity contribution < 1.29 is 29.8 Å². The number of carbonyl (C=O) groups excluding carboxylic acids is 1. The van der Waals surface area contributed by atoms with Crippen molar-refractivity contribution in [1.82, 2.24) is 0 Å². The second kappa shape index (κ2) is 8.75. The molecule has 0 spiro atoms. The molecule has 0 heterocycles. The molecule has 0 amide bonds. The van der Waals surface area contributed by atoms with Gasteiger partial charge in [0.2, 0.25) is 0 Å². The fourth-order valence-electron chi connectivity index (χ4n) is 2.09. The van der Waals surface area contributed by atoms with Crippen molar-refractivity contribution >= 4 is 42.6 Å². The second-order valence-corrected chi connectivity index (χ2v) is 8.30. The molecule has 0 aliphatic rings. The van der Waals surface area contributed by atoms with Crippen LogP contribution in [0, 0.1) is 6.92 Å². The van der Waals surface area contributed by atoms with E-state index in [4.69, 9.17) is 27.9 Å². The van der Waals surface area contributed by atoms with Crippen molar-refractivity contribution in [3.05, 3.63) is 57.6 Å². The molecule has 0 N–H and O–H groups in total. The van der Waals surface area contributed by atoms with Crippen LogP contribution in [0.25, 0.3) is 0 Å². The van der Waals surface area contributed by atoms with E-state index in [0.717, 1.165) is 16.6 Å². The van der Waals surface area contributed by atoms with Crippen molar-refractivity contribution in [1.29, 1.82) is 0 Å². The number of hydrogen-bond acceptors (Lipinski definition) is 2. The first-order chi connectivity index (χ1) is 10.7. The van der Waals surface area contributed by atoms with Gasteiger partial charge in [-0.05, 0) is 71.4 Å². The van der Waals surface area contributed by atoms with E-state index in [1.807, 2.05) is 45.9 Å². The van der Waals surface area contributed by atoms with Gasteiger partial charge < -0.3 is 6.16 Å². The van der Waals surface area contributed by atoms with Crippen LogP contribution in [0.1, 0.15) is 38.1 Å². The Labute approximate surface area is 168 Å². The maximum atomic E-state index is 12.5. The first-order valence-electron chi connectivity index (χ1n) is 7.22. The molecule has 2 aromatic carbocycles. The van der Waals surface area contributed by atoms with Crippen LogP contribution >= 0.6 is 31.8 Å². The SMILES string of the molecule is Cc1cc(OC(C)(C)C)ccc1PC(=O)c1c(Cl)cccc1Cl.[H-].[Li+]. The first-order valence-corrected chi connectivity index (χ1v) is 8.98. The van der Waals surface area contributed by atoms with E-state index in [2.05, 4.69) is 0 Å². The quantitative estimate of drug-likeness (QED) is 0.605. The van der Waals surface area contributed by atoms with Crippen LogP contribution in [0.15, 0.2) is 36.4 Å². The van der Waals surface area contributed by atoms with Crippen LogP contribution in [0.5, 0.6) is 5.75 Å². The van der Waals surface area contributed by atoms with E-state index >= 15 is 0 Å². The topological polar surface area (TPSA) is 26.3 Å². The molecule has 124 valence electrons. The molecular weight excluding hydrogens is 357 g/mol. The summed E-state index contributed by atoms with van der Waals surface area (Å²) >= 11 is 12.2. The van der Waals surface area contributed by atoms with Gasteiger partial charge in [-0.1, -0.05) is 35.3 Å². The maximum Gasteiger partial charge on any atom is 1.00 e. The van der Waals surface area contributed by atoms with Gasteiger partial charge in [0.1, 0.15) is 11.4 Å². The standard InChI is InChI=1S/C18H19Cl2O2P.Li.H/c1-11-10-12(22-18(2,3)4)8-9-15(11)23-17(21)16-13(19)6-5-7-14(16)20;;/h5-10,23H,1-4H3;;/q;+1;-1. The van der Waals surface area contributed by atoms with Gasteiger partial charge in [0, 0.05) is 0 Å². The summed E-state index contributed by atoms with van der Waals surface area (Å²) in [5.74, 6) is 0.798. The minimum absolute atomic E-state index is 0. The van der Waals surface area contributed by atoms with Crippen molar-refractivity contribution in [2.24, 2.45) is 0 Å². The molecule has 24 heavy (non-hydrogen) atoms. The molecule has 0 aliphatic heterocycles. The molecule has 2 rings (SSSR count). The third kappa shape index (κ3) is 5.80. The van der Waals surface area contributed by atoms with Crippen molar-refractivity contribution in [2.75, 3.05) is 0 Å².